The van der Waals surface area contributed by atoms with E-state index in [-0.39, 0.29) is 23.3 Å². The van der Waals surface area contributed by atoms with Gasteiger partial charge in [-0.05, 0) is 61.4 Å². The highest BCUT2D eigenvalue weighted by atomic mass is 19.1. The molecule has 3 heterocycles. The number of anilines is 1. The van der Waals surface area contributed by atoms with Crippen LogP contribution in [0, 0.1) is 28.8 Å². The molecule has 1 unspecified atom stereocenters. The van der Waals surface area contributed by atoms with Crippen molar-refractivity contribution >= 4 is 16.7 Å². The molecule has 38 heavy (non-hydrogen) atoms. The van der Waals surface area contributed by atoms with Gasteiger partial charge in [0.1, 0.15) is 34.7 Å². The fourth-order valence-corrected chi connectivity index (χ4v) is 5.40. The molecule has 194 valence electrons. The van der Waals surface area contributed by atoms with E-state index in [4.69, 9.17) is 0 Å². The zero-order valence-corrected chi connectivity index (χ0v) is 21.2. The molecule has 2 aromatic heterocycles. The van der Waals surface area contributed by atoms with E-state index in [1.807, 2.05) is 13.8 Å². The van der Waals surface area contributed by atoms with Crippen molar-refractivity contribution in [1.82, 2.24) is 14.5 Å². The Labute approximate surface area is 218 Å². The van der Waals surface area contributed by atoms with Crippen LogP contribution < -0.4 is 10.5 Å². The number of hydrogen-bond donors (Lipinski definition) is 0. The first-order chi connectivity index (χ1) is 18.2. The predicted octanol–water partition coefficient (Wildman–Crippen LogP) is 4.91. The standard InChI is InChI=1S/C29H26F3N5O/c1-17-16-37(29(19-4-6-21(30)7-5-19)20-10-22(31)12-23(32)11-20)18(2)15-36(17)26-13-27(38)35(3)25-9-8-24(14-33)34-28(25)26/h4-13,17-18,29H,15-16H2,1-3H3/t17-,18+,29?/m0/s1. The van der Waals surface area contributed by atoms with Gasteiger partial charge in [0.2, 0.25) is 0 Å². The Morgan fingerprint density at radius 3 is 2.24 bits per heavy atom. The Morgan fingerprint density at radius 2 is 1.58 bits per heavy atom. The number of halogens is 3. The quantitative estimate of drug-likeness (QED) is 0.385. The number of nitriles is 1. The summed E-state index contributed by atoms with van der Waals surface area (Å²) in [7, 11) is 1.66. The summed E-state index contributed by atoms with van der Waals surface area (Å²) < 4.78 is 43.8. The number of piperazine rings is 1. The largest absolute Gasteiger partial charge is 0.364 e. The summed E-state index contributed by atoms with van der Waals surface area (Å²) in [5.74, 6) is -1.76. The van der Waals surface area contributed by atoms with Gasteiger partial charge in [0, 0.05) is 44.4 Å². The molecule has 1 aliphatic heterocycles. The summed E-state index contributed by atoms with van der Waals surface area (Å²) in [5.41, 5.74) is 3.01. The molecule has 0 aliphatic carbocycles. The first-order valence-corrected chi connectivity index (χ1v) is 12.3. The molecule has 9 heteroatoms. The van der Waals surface area contributed by atoms with Gasteiger partial charge in [-0.2, -0.15) is 5.26 Å². The van der Waals surface area contributed by atoms with Gasteiger partial charge < -0.3 is 9.47 Å². The highest BCUT2D eigenvalue weighted by Crippen LogP contribution is 2.36. The van der Waals surface area contributed by atoms with Gasteiger partial charge in [0.25, 0.3) is 5.56 Å². The van der Waals surface area contributed by atoms with Crippen LogP contribution in [0.15, 0.2) is 65.5 Å². The molecule has 0 spiro atoms. The van der Waals surface area contributed by atoms with Crippen LogP contribution in [0.2, 0.25) is 0 Å². The SMILES string of the molecule is C[C@@H]1CN(c2cc(=O)n(C)c3ccc(C#N)nc23)[C@@H](C)CN1C(c1ccc(F)cc1)c1cc(F)cc(F)c1. The van der Waals surface area contributed by atoms with Crippen LogP contribution in [0.4, 0.5) is 18.9 Å². The lowest BCUT2D eigenvalue weighted by molar-refractivity contribution is 0.129. The van der Waals surface area contributed by atoms with Gasteiger partial charge >= 0.3 is 0 Å². The minimum Gasteiger partial charge on any atom is -0.364 e. The van der Waals surface area contributed by atoms with Gasteiger partial charge in [-0.25, -0.2) is 18.2 Å². The average Bonchev–Trinajstić information content (AvgIpc) is 2.88. The van der Waals surface area contributed by atoms with Crippen LogP contribution in [0.25, 0.3) is 11.0 Å². The molecule has 0 amide bonds. The molecule has 0 N–H and O–H groups in total. The van der Waals surface area contributed by atoms with Crippen LogP contribution in [0.3, 0.4) is 0 Å². The molecule has 1 saturated heterocycles. The van der Waals surface area contributed by atoms with E-state index in [1.54, 1.807) is 31.3 Å². The zero-order chi connectivity index (χ0) is 27.1. The Bertz CT molecular complexity index is 1590. The third kappa shape index (κ3) is 4.63. The van der Waals surface area contributed by atoms with Crippen molar-refractivity contribution in [2.45, 2.75) is 32.0 Å². The number of pyridine rings is 2. The first-order valence-electron chi connectivity index (χ1n) is 12.3. The topological polar surface area (TPSA) is 65.2 Å². The van der Waals surface area contributed by atoms with Crippen molar-refractivity contribution in [3.8, 4) is 6.07 Å². The Morgan fingerprint density at radius 1 is 0.895 bits per heavy atom. The molecule has 6 nitrogen and oxygen atoms in total. The smallest absolute Gasteiger partial charge is 0.252 e. The van der Waals surface area contributed by atoms with Gasteiger partial charge in [-0.15, -0.1) is 0 Å². The molecule has 5 rings (SSSR count). The van der Waals surface area contributed by atoms with Gasteiger partial charge in [-0.3, -0.25) is 9.69 Å². The molecule has 0 saturated carbocycles. The third-order valence-electron chi connectivity index (χ3n) is 7.24. The molecule has 0 radical (unpaired) electrons. The minimum absolute atomic E-state index is 0.129. The highest BCUT2D eigenvalue weighted by molar-refractivity contribution is 5.89. The lowest BCUT2D eigenvalue weighted by atomic mass is 9.93. The maximum absolute atomic E-state index is 14.3. The highest BCUT2D eigenvalue weighted by Gasteiger charge is 2.36. The van der Waals surface area contributed by atoms with Crippen LogP contribution in [-0.2, 0) is 7.05 Å². The van der Waals surface area contributed by atoms with E-state index in [9.17, 15) is 23.2 Å². The first kappa shape index (κ1) is 25.5. The lowest BCUT2D eigenvalue weighted by Crippen LogP contribution is -2.57. The summed E-state index contributed by atoms with van der Waals surface area (Å²) in [4.78, 5) is 21.5. The molecule has 1 aliphatic rings. The summed E-state index contributed by atoms with van der Waals surface area (Å²) in [6.45, 7) is 4.97. The molecule has 3 atom stereocenters. The van der Waals surface area contributed by atoms with Crippen molar-refractivity contribution in [3.05, 3.63) is 105 Å². The van der Waals surface area contributed by atoms with Gasteiger partial charge in [0.15, 0.2) is 0 Å². The van der Waals surface area contributed by atoms with E-state index in [0.717, 1.165) is 6.07 Å². The minimum atomic E-state index is -0.683. The summed E-state index contributed by atoms with van der Waals surface area (Å²) >= 11 is 0. The van der Waals surface area contributed by atoms with Gasteiger partial charge in [0.05, 0.1) is 17.2 Å². The number of nitrogens with zero attached hydrogens (tertiary/aromatic N) is 5. The van der Waals surface area contributed by atoms with E-state index in [2.05, 4.69) is 20.9 Å². The molecule has 2 aromatic carbocycles. The lowest BCUT2D eigenvalue weighted by Gasteiger charge is -2.48. The summed E-state index contributed by atoms with van der Waals surface area (Å²) in [6, 6.07) is 15.5. The van der Waals surface area contributed by atoms with Crippen molar-refractivity contribution < 1.29 is 13.2 Å². The van der Waals surface area contributed by atoms with E-state index in [0.29, 0.717) is 40.9 Å². The van der Waals surface area contributed by atoms with Crippen molar-refractivity contribution in [2.75, 3.05) is 18.0 Å². The van der Waals surface area contributed by atoms with Crippen LogP contribution in [0.1, 0.15) is 36.7 Å². The number of aryl methyl sites for hydroxylation is 1. The van der Waals surface area contributed by atoms with Crippen LogP contribution in [0.5, 0.6) is 0 Å². The number of aromatic nitrogens is 2. The molecule has 4 aromatic rings. The Kier molecular flexibility index (Phi) is 6.67. The Balaban J connectivity index is 1.57. The fourth-order valence-electron chi connectivity index (χ4n) is 5.40. The van der Waals surface area contributed by atoms with E-state index < -0.39 is 23.5 Å². The van der Waals surface area contributed by atoms with Crippen LogP contribution >= 0.6 is 0 Å². The normalized spacial score (nSPS) is 18.9. The second-order valence-corrected chi connectivity index (χ2v) is 9.81. The third-order valence-corrected chi connectivity index (χ3v) is 7.24. The number of fused-ring (bicyclic) bond motifs is 1. The Hall–Kier alpha value is -4.16. The molecule has 1 fully saturated rings. The number of rotatable bonds is 4. The second kappa shape index (κ2) is 9.95. The van der Waals surface area contributed by atoms with E-state index >= 15 is 0 Å². The number of benzene rings is 2. The van der Waals surface area contributed by atoms with Gasteiger partial charge in [-0.1, -0.05) is 12.1 Å². The fraction of sp³-hybridized carbons (Fsp3) is 0.276. The van der Waals surface area contributed by atoms with Crippen molar-refractivity contribution in [2.24, 2.45) is 7.05 Å². The zero-order valence-electron chi connectivity index (χ0n) is 21.2. The average molecular weight is 518 g/mol. The maximum atomic E-state index is 14.3. The number of hydrogen-bond acceptors (Lipinski definition) is 5. The van der Waals surface area contributed by atoms with Crippen molar-refractivity contribution in [1.29, 1.82) is 5.26 Å². The predicted molar refractivity (Wildman–Crippen MR) is 139 cm³/mol. The monoisotopic (exact) mass is 517 g/mol. The molecular weight excluding hydrogens is 491 g/mol. The second-order valence-electron chi connectivity index (χ2n) is 9.81. The summed E-state index contributed by atoms with van der Waals surface area (Å²) in [5, 5.41) is 9.41. The molecule has 0 bridgehead atoms. The van der Waals surface area contributed by atoms with Crippen LogP contribution in [-0.4, -0.2) is 39.6 Å². The molecular formula is C29H26F3N5O. The van der Waals surface area contributed by atoms with E-state index in [1.165, 1.54) is 34.9 Å². The maximum Gasteiger partial charge on any atom is 0.252 e. The summed E-state index contributed by atoms with van der Waals surface area (Å²) in [6.07, 6.45) is 0. The van der Waals surface area contributed by atoms with Crippen molar-refractivity contribution in [3.63, 3.8) is 0 Å².